The number of H-pyrrole nitrogens is 1. The van der Waals surface area contributed by atoms with Crippen molar-refractivity contribution in [3.8, 4) is 5.75 Å². The molecule has 1 saturated heterocycles. The molecule has 5 rings (SSSR count). The minimum Gasteiger partial charge on any atom is -0.489 e. The molecule has 7 nitrogen and oxygen atoms in total. The predicted octanol–water partition coefficient (Wildman–Crippen LogP) is 2.22. The molecule has 0 saturated carbocycles. The fourth-order valence-corrected chi connectivity index (χ4v) is 4.66. The van der Waals surface area contributed by atoms with E-state index in [1.54, 1.807) is 0 Å². The van der Waals surface area contributed by atoms with Crippen molar-refractivity contribution in [2.75, 3.05) is 37.7 Å². The van der Waals surface area contributed by atoms with Gasteiger partial charge in [-0.2, -0.15) is 0 Å². The number of ether oxygens (including phenoxy) is 2. The second kappa shape index (κ2) is 7.89. The van der Waals surface area contributed by atoms with E-state index in [2.05, 4.69) is 40.8 Å². The van der Waals surface area contributed by atoms with Crippen LogP contribution in [0, 0.1) is 0 Å². The summed E-state index contributed by atoms with van der Waals surface area (Å²) in [5.41, 5.74) is 4.09. The number of hydrogen-bond donors (Lipinski definition) is 1. The highest BCUT2D eigenvalue weighted by Crippen LogP contribution is 2.27. The molecule has 4 heterocycles. The highest BCUT2D eigenvalue weighted by Gasteiger charge is 2.27. The molecular formula is C23H28N4O3. The van der Waals surface area contributed by atoms with Crippen LogP contribution in [0.1, 0.15) is 30.7 Å². The summed E-state index contributed by atoms with van der Waals surface area (Å²) >= 11 is 0. The van der Waals surface area contributed by atoms with Crippen LogP contribution >= 0.6 is 0 Å². The Bertz CT molecular complexity index is 1020. The van der Waals surface area contributed by atoms with Crippen molar-refractivity contribution < 1.29 is 9.47 Å². The minimum absolute atomic E-state index is 0.00408. The molecule has 1 aromatic heterocycles. The van der Waals surface area contributed by atoms with Crippen molar-refractivity contribution in [3.63, 3.8) is 0 Å². The van der Waals surface area contributed by atoms with Crippen LogP contribution in [0.25, 0.3) is 6.08 Å². The van der Waals surface area contributed by atoms with Gasteiger partial charge in [-0.1, -0.05) is 18.2 Å². The molecule has 30 heavy (non-hydrogen) atoms. The zero-order valence-electron chi connectivity index (χ0n) is 17.6. The van der Waals surface area contributed by atoms with E-state index in [1.165, 1.54) is 5.57 Å². The van der Waals surface area contributed by atoms with Crippen molar-refractivity contribution in [1.82, 2.24) is 14.9 Å². The topological polar surface area (TPSA) is 70.7 Å². The van der Waals surface area contributed by atoms with Gasteiger partial charge in [0.25, 0.3) is 5.56 Å². The van der Waals surface area contributed by atoms with Crippen molar-refractivity contribution in [1.29, 1.82) is 0 Å². The second-order valence-electron chi connectivity index (χ2n) is 8.57. The molecule has 0 spiro atoms. The van der Waals surface area contributed by atoms with Crippen molar-refractivity contribution >= 4 is 12.0 Å². The normalized spacial score (nSPS) is 23.9. The lowest BCUT2D eigenvalue weighted by atomic mass is 10.0. The Labute approximate surface area is 176 Å². The smallest absolute Gasteiger partial charge is 0.255 e. The zero-order valence-corrected chi connectivity index (χ0v) is 17.6. The maximum atomic E-state index is 12.7. The van der Waals surface area contributed by atoms with Crippen LogP contribution in [0.4, 0.5) is 5.95 Å². The standard InChI is InChI=1S/C23H28N4O3/c1-15-10-27(11-16(2)30-15)23-24-20-13-26(8-7-19(20)22(28)25-23)12-17-9-18-5-3-4-6-21(18)29-14-17/h3-6,9,15-16H,7-8,10-14H2,1-2H3,(H,24,25,28). The Morgan fingerprint density at radius 2 is 2.00 bits per heavy atom. The van der Waals surface area contributed by atoms with Crippen molar-refractivity contribution in [2.45, 2.75) is 39.0 Å². The molecule has 3 aliphatic rings. The number of nitrogens with one attached hydrogen (secondary N) is 1. The molecule has 1 N–H and O–H groups in total. The third-order valence-corrected chi connectivity index (χ3v) is 5.98. The minimum atomic E-state index is -0.00408. The summed E-state index contributed by atoms with van der Waals surface area (Å²) in [6.07, 6.45) is 3.18. The van der Waals surface area contributed by atoms with Crippen LogP contribution < -0.4 is 15.2 Å². The number of anilines is 1. The van der Waals surface area contributed by atoms with Gasteiger partial charge in [0.2, 0.25) is 5.95 Å². The van der Waals surface area contributed by atoms with Gasteiger partial charge in [-0.15, -0.1) is 0 Å². The molecule has 7 heteroatoms. The Morgan fingerprint density at radius 1 is 1.20 bits per heavy atom. The average molecular weight is 409 g/mol. The number of para-hydroxylation sites is 1. The zero-order chi connectivity index (χ0) is 20.7. The predicted molar refractivity (Wildman–Crippen MR) is 116 cm³/mol. The summed E-state index contributed by atoms with van der Waals surface area (Å²) in [6.45, 7) is 8.54. The molecule has 158 valence electrons. The van der Waals surface area contributed by atoms with Gasteiger partial charge in [0.15, 0.2) is 0 Å². The molecule has 0 radical (unpaired) electrons. The number of aromatic amines is 1. The first-order valence-electron chi connectivity index (χ1n) is 10.7. The lowest BCUT2D eigenvalue weighted by Crippen LogP contribution is -2.47. The van der Waals surface area contributed by atoms with Crippen LogP contribution in [0.3, 0.4) is 0 Å². The number of aromatic nitrogens is 2. The van der Waals surface area contributed by atoms with Gasteiger partial charge in [-0.3, -0.25) is 14.7 Å². The number of hydrogen-bond acceptors (Lipinski definition) is 6. The van der Waals surface area contributed by atoms with E-state index >= 15 is 0 Å². The van der Waals surface area contributed by atoms with Crippen LogP contribution in [0.5, 0.6) is 5.75 Å². The summed E-state index contributed by atoms with van der Waals surface area (Å²) in [4.78, 5) is 25.1. The lowest BCUT2D eigenvalue weighted by Gasteiger charge is -2.36. The Kier molecular flexibility index (Phi) is 5.08. The van der Waals surface area contributed by atoms with Gasteiger partial charge >= 0.3 is 0 Å². The molecule has 0 aliphatic carbocycles. The van der Waals surface area contributed by atoms with Crippen LogP contribution in [0.15, 0.2) is 34.6 Å². The Morgan fingerprint density at radius 3 is 2.83 bits per heavy atom. The van der Waals surface area contributed by atoms with E-state index < -0.39 is 0 Å². The molecule has 1 aromatic carbocycles. The first kappa shape index (κ1) is 19.3. The number of morpholine rings is 1. The van der Waals surface area contributed by atoms with Gasteiger partial charge in [-0.25, -0.2) is 4.98 Å². The van der Waals surface area contributed by atoms with Crippen molar-refractivity contribution in [2.24, 2.45) is 0 Å². The average Bonchev–Trinajstić information content (AvgIpc) is 2.73. The molecule has 2 unspecified atom stereocenters. The molecule has 0 amide bonds. The molecule has 3 aliphatic heterocycles. The fourth-order valence-electron chi connectivity index (χ4n) is 4.66. The van der Waals surface area contributed by atoms with Gasteiger partial charge in [0, 0.05) is 43.9 Å². The largest absolute Gasteiger partial charge is 0.489 e. The van der Waals surface area contributed by atoms with E-state index in [-0.39, 0.29) is 17.8 Å². The molecular weight excluding hydrogens is 380 g/mol. The lowest BCUT2D eigenvalue weighted by molar-refractivity contribution is -0.00576. The van der Waals surface area contributed by atoms with E-state index in [9.17, 15) is 4.79 Å². The highest BCUT2D eigenvalue weighted by atomic mass is 16.5. The van der Waals surface area contributed by atoms with Gasteiger partial charge in [-0.05, 0) is 38.0 Å². The first-order chi connectivity index (χ1) is 14.5. The number of benzene rings is 1. The Hall–Kier alpha value is -2.64. The summed E-state index contributed by atoms with van der Waals surface area (Å²) < 4.78 is 11.7. The Balaban J connectivity index is 1.34. The van der Waals surface area contributed by atoms with E-state index in [4.69, 9.17) is 14.5 Å². The van der Waals surface area contributed by atoms with E-state index in [1.807, 2.05) is 18.2 Å². The summed E-state index contributed by atoms with van der Waals surface area (Å²) in [5, 5.41) is 0. The summed E-state index contributed by atoms with van der Waals surface area (Å²) in [6, 6.07) is 8.11. The highest BCUT2D eigenvalue weighted by molar-refractivity contribution is 5.62. The van der Waals surface area contributed by atoms with E-state index in [0.29, 0.717) is 19.1 Å². The third kappa shape index (κ3) is 3.87. The van der Waals surface area contributed by atoms with Crippen LogP contribution in [-0.4, -0.2) is 59.9 Å². The van der Waals surface area contributed by atoms with Gasteiger partial charge in [0.05, 0.1) is 17.9 Å². The van der Waals surface area contributed by atoms with Crippen molar-refractivity contribution in [3.05, 3.63) is 57.0 Å². The van der Waals surface area contributed by atoms with Crippen LogP contribution in [0.2, 0.25) is 0 Å². The fraction of sp³-hybridized carbons (Fsp3) is 0.478. The van der Waals surface area contributed by atoms with E-state index in [0.717, 1.165) is 55.2 Å². The number of rotatable bonds is 3. The summed E-state index contributed by atoms with van der Waals surface area (Å²) in [5.74, 6) is 1.61. The maximum Gasteiger partial charge on any atom is 0.255 e. The number of nitrogens with zero attached hydrogens (tertiary/aromatic N) is 3. The molecule has 2 aromatic rings. The number of fused-ring (bicyclic) bond motifs is 2. The SMILES string of the molecule is CC1CN(c2nc3c(c(=O)[nH]2)CCN(CC2=Cc4ccccc4OC2)C3)CC(C)O1. The summed E-state index contributed by atoms with van der Waals surface area (Å²) in [7, 11) is 0. The monoisotopic (exact) mass is 408 g/mol. The quantitative estimate of drug-likeness (QED) is 0.840. The maximum absolute atomic E-state index is 12.7. The molecule has 1 fully saturated rings. The third-order valence-electron chi connectivity index (χ3n) is 5.98. The molecule has 0 bridgehead atoms. The van der Waals surface area contributed by atoms with Gasteiger partial charge in [0.1, 0.15) is 12.4 Å². The second-order valence-corrected chi connectivity index (χ2v) is 8.57. The van der Waals surface area contributed by atoms with Gasteiger partial charge < -0.3 is 14.4 Å². The van der Waals surface area contributed by atoms with Crippen LogP contribution in [-0.2, 0) is 17.7 Å². The molecule has 2 atom stereocenters. The first-order valence-corrected chi connectivity index (χ1v) is 10.7.